The van der Waals surface area contributed by atoms with E-state index >= 15 is 0 Å². The maximum Gasteiger partial charge on any atom is 0.417 e. The van der Waals surface area contributed by atoms with Crippen LogP contribution in [-0.4, -0.2) is 4.98 Å². The molecule has 23 heavy (non-hydrogen) atoms. The quantitative estimate of drug-likeness (QED) is 0.562. The number of halogens is 5. The van der Waals surface area contributed by atoms with Crippen LogP contribution in [0.15, 0.2) is 45.7 Å². The average Bonchev–Trinajstić information content (AvgIpc) is 2.46. The fraction of sp³-hybridized carbons (Fsp3) is 0.0667. The van der Waals surface area contributed by atoms with Crippen LogP contribution in [0.4, 0.5) is 13.2 Å². The topological polar surface area (TPSA) is 43.1 Å². The van der Waals surface area contributed by atoms with Gasteiger partial charge in [-0.05, 0) is 30.3 Å². The van der Waals surface area contributed by atoms with E-state index in [0.29, 0.717) is 28.3 Å². The first kappa shape index (κ1) is 15.8. The van der Waals surface area contributed by atoms with Crippen molar-refractivity contribution in [3.8, 4) is 11.3 Å². The molecule has 0 radical (unpaired) electrons. The summed E-state index contributed by atoms with van der Waals surface area (Å²) in [5.74, 6) is 0. The lowest BCUT2D eigenvalue weighted by molar-refractivity contribution is -0.137. The highest BCUT2D eigenvalue weighted by Gasteiger charge is 2.32. The molecule has 0 saturated carbocycles. The number of nitrogens with zero attached hydrogens (tertiary/aromatic N) is 1. The van der Waals surface area contributed by atoms with Gasteiger partial charge in [0.1, 0.15) is 5.58 Å². The third kappa shape index (κ3) is 3.04. The second kappa shape index (κ2) is 5.54. The summed E-state index contributed by atoms with van der Waals surface area (Å²) >= 11 is 11.7. The smallest absolute Gasteiger partial charge is 0.417 e. The molecule has 2 heterocycles. The first-order chi connectivity index (χ1) is 10.8. The van der Waals surface area contributed by atoms with Crippen LogP contribution >= 0.6 is 23.2 Å². The van der Waals surface area contributed by atoms with Crippen LogP contribution < -0.4 is 5.63 Å². The van der Waals surface area contributed by atoms with E-state index in [1.165, 1.54) is 12.1 Å². The van der Waals surface area contributed by atoms with Crippen molar-refractivity contribution in [1.82, 2.24) is 4.98 Å². The Kier molecular flexibility index (Phi) is 3.82. The van der Waals surface area contributed by atoms with Crippen molar-refractivity contribution in [3.05, 3.63) is 62.6 Å². The lowest BCUT2D eigenvalue weighted by atomic mass is 10.1. The van der Waals surface area contributed by atoms with E-state index in [2.05, 4.69) is 4.98 Å². The van der Waals surface area contributed by atoms with Crippen molar-refractivity contribution in [2.45, 2.75) is 6.18 Å². The van der Waals surface area contributed by atoms with Gasteiger partial charge in [0, 0.05) is 16.6 Å². The minimum atomic E-state index is -4.57. The molecule has 0 N–H and O–H groups in total. The molecule has 2 aromatic heterocycles. The molecule has 0 bridgehead atoms. The Bertz CT molecular complexity index is 967. The lowest BCUT2D eigenvalue weighted by Crippen LogP contribution is -2.08. The molecule has 0 unspecified atom stereocenters. The second-order valence-corrected chi connectivity index (χ2v) is 5.53. The third-order valence-corrected chi connectivity index (χ3v) is 3.64. The van der Waals surface area contributed by atoms with Gasteiger partial charge in [0.15, 0.2) is 0 Å². The fourth-order valence-electron chi connectivity index (χ4n) is 2.05. The third-order valence-electron chi connectivity index (χ3n) is 3.12. The summed E-state index contributed by atoms with van der Waals surface area (Å²) in [6.07, 6.45) is -3.96. The lowest BCUT2D eigenvalue weighted by Gasteiger charge is -2.09. The first-order valence-corrected chi connectivity index (χ1v) is 6.98. The zero-order chi connectivity index (χ0) is 16.8. The normalized spacial score (nSPS) is 11.9. The van der Waals surface area contributed by atoms with Crippen LogP contribution in [0.25, 0.3) is 22.2 Å². The largest absolute Gasteiger partial charge is 0.422 e. The molecule has 3 aromatic rings. The first-order valence-electron chi connectivity index (χ1n) is 6.22. The van der Waals surface area contributed by atoms with E-state index in [1.807, 2.05) is 0 Å². The SMILES string of the molecule is O=c1oc2ccc(Cl)cc2cc1-c1ncc(C(F)(F)F)cc1Cl. The predicted molar refractivity (Wildman–Crippen MR) is 80.7 cm³/mol. The van der Waals surface area contributed by atoms with Gasteiger partial charge in [-0.15, -0.1) is 0 Å². The van der Waals surface area contributed by atoms with Crippen molar-refractivity contribution in [3.63, 3.8) is 0 Å². The maximum atomic E-state index is 12.6. The van der Waals surface area contributed by atoms with Gasteiger partial charge < -0.3 is 4.42 Å². The molecule has 118 valence electrons. The zero-order valence-electron chi connectivity index (χ0n) is 11.1. The number of benzene rings is 1. The fourth-order valence-corrected chi connectivity index (χ4v) is 2.50. The van der Waals surface area contributed by atoms with Crippen molar-refractivity contribution >= 4 is 34.2 Å². The van der Waals surface area contributed by atoms with E-state index < -0.39 is 17.4 Å². The molecule has 3 nitrogen and oxygen atoms in total. The van der Waals surface area contributed by atoms with Gasteiger partial charge in [-0.1, -0.05) is 23.2 Å². The van der Waals surface area contributed by atoms with Crippen molar-refractivity contribution in [1.29, 1.82) is 0 Å². The Morgan fingerprint density at radius 2 is 1.83 bits per heavy atom. The average molecular weight is 360 g/mol. The molecule has 1 aromatic carbocycles. The standard InChI is InChI=1S/C15H6Cl2F3NO2/c16-9-1-2-12-7(3-9)4-10(14(22)23-12)13-11(17)5-8(6-21-13)15(18,19)20/h1-6H. The van der Waals surface area contributed by atoms with Crippen molar-refractivity contribution in [2.24, 2.45) is 0 Å². The maximum absolute atomic E-state index is 12.6. The predicted octanol–water partition coefficient (Wildman–Crippen LogP) is 5.18. The van der Waals surface area contributed by atoms with E-state index in [4.69, 9.17) is 27.6 Å². The zero-order valence-corrected chi connectivity index (χ0v) is 12.6. The van der Waals surface area contributed by atoms with Crippen LogP contribution in [0.1, 0.15) is 5.56 Å². The highest BCUT2D eigenvalue weighted by atomic mass is 35.5. The van der Waals surface area contributed by atoms with E-state index in [0.717, 1.165) is 0 Å². The molecule has 0 aliphatic rings. The van der Waals surface area contributed by atoms with Crippen LogP contribution in [0.5, 0.6) is 0 Å². The minimum Gasteiger partial charge on any atom is -0.422 e. The molecule has 8 heteroatoms. The monoisotopic (exact) mass is 359 g/mol. The van der Waals surface area contributed by atoms with Gasteiger partial charge in [-0.2, -0.15) is 13.2 Å². The molecule has 0 spiro atoms. The molecule has 3 rings (SSSR count). The highest BCUT2D eigenvalue weighted by molar-refractivity contribution is 6.33. The van der Waals surface area contributed by atoms with Gasteiger partial charge in [0.25, 0.3) is 0 Å². The van der Waals surface area contributed by atoms with Crippen LogP contribution in [0.3, 0.4) is 0 Å². The van der Waals surface area contributed by atoms with Crippen LogP contribution in [0, 0.1) is 0 Å². The molecular formula is C15H6Cl2F3NO2. The van der Waals surface area contributed by atoms with Gasteiger partial charge in [-0.25, -0.2) is 4.79 Å². The van der Waals surface area contributed by atoms with Crippen molar-refractivity contribution in [2.75, 3.05) is 0 Å². The van der Waals surface area contributed by atoms with E-state index in [-0.39, 0.29) is 16.3 Å². The number of fused-ring (bicyclic) bond motifs is 1. The second-order valence-electron chi connectivity index (χ2n) is 4.68. The Morgan fingerprint density at radius 3 is 2.48 bits per heavy atom. The Balaban J connectivity index is 2.20. The summed E-state index contributed by atoms with van der Waals surface area (Å²) in [6.45, 7) is 0. The van der Waals surface area contributed by atoms with E-state index in [9.17, 15) is 18.0 Å². The van der Waals surface area contributed by atoms with Crippen LogP contribution in [-0.2, 0) is 6.18 Å². The van der Waals surface area contributed by atoms with Gasteiger partial charge in [0.05, 0.1) is 21.8 Å². The summed E-state index contributed by atoms with van der Waals surface area (Å²) in [7, 11) is 0. The molecule has 0 fully saturated rings. The molecule has 0 aliphatic heterocycles. The molecular weight excluding hydrogens is 354 g/mol. The van der Waals surface area contributed by atoms with Gasteiger partial charge >= 0.3 is 11.8 Å². The van der Waals surface area contributed by atoms with Gasteiger partial charge in [-0.3, -0.25) is 4.98 Å². The van der Waals surface area contributed by atoms with Crippen LogP contribution in [0.2, 0.25) is 10.0 Å². The van der Waals surface area contributed by atoms with Gasteiger partial charge in [0.2, 0.25) is 0 Å². The number of rotatable bonds is 1. The Hall–Kier alpha value is -2.05. The number of hydrogen-bond donors (Lipinski definition) is 0. The molecule has 0 atom stereocenters. The number of pyridine rings is 1. The number of alkyl halides is 3. The highest BCUT2D eigenvalue weighted by Crippen LogP contribution is 2.34. The Morgan fingerprint density at radius 1 is 1.09 bits per heavy atom. The number of hydrogen-bond acceptors (Lipinski definition) is 3. The molecule has 0 amide bonds. The summed E-state index contributed by atoms with van der Waals surface area (Å²) in [5, 5.41) is 0.627. The van der Waals surface area contributed by atoms with E-state index in [1.54, 1.807) is 12.1 Å². The molecule has 0 aliphatic carbocycles. The summed E-state index contributed by atoms with van der Waals surface area (Å²) in [4.78, 5) is 15.7. The Labute approximate surface area is 137 Å². The summed E-state index contributed by atoms with van der Waals surface area (Å²) in [5.41, 5.74) is -1.59. The van der Waals surface area contributed by atoms with Crippen molar-refractivity contribution < 1.29 is 17.6 Å². The number of aromatic nitrogens is 1. The summed E-state index contributed by atoms with van der Waals surface area (Å²) < 4.78 is 43.0. The molecule has 0 saturated heterocycles. The minimum absolute atomic E-state index is 0.0431. The summed E-state index contributed by atoms with van der Waals surface area (Å²) in [6, 6.07) is 6.77.